The van der Waals surface area contributed by atoms with Gasteiger partial charge in [0.15, 0.2) is 0 Å². The van der Waals surface area contributed by atoms with Gasteiger partial charge in [-0.15, -0.1) is 0 Å². The molecule has 0 amide bonds. The summed E-state index contributed by atoms with van der Waals surface area (Å²) in [5.74, 6) is 0.557. The zero-order valence-electron chi connectivity index (χ0n) is 14.6. The minimum Gasteiger partial charge on any atom is -0.487 e. The molecular formula is C20H24FNO3. The van der Waals surface area contributed by atoms with Crippen molar-refractivity contribution < 1.29 is 19.0 Å². The van der Waals surface area contributed by atoms with Crippen molar-refractivity contribution in [2.24, 2.45) is 0 Å². The molecule has 1 N–H and O–H groups in total. The van der Waals surface area contributed by atoms with E-state index in [2.05, 4.69) is 4.90 Å². The summed E-state index contributed by atoms with van der Waals surface area (Å²) in [6.07, 6.45) is -0.605. The summed E-state index contributed by atoms with van der Waals surface area (Å²) < 4.78 is 24.9. The Morgan fingerprint density at radius 3 is 2.92 bits per heavy atom. The van der Waals surface area contributed by atoms with Crippen LogP contribution >= 0.6 is 0 Å². The molecule has 5 heteroatoms. The molecule has 0 unspecified atom stereocenters. The van der Waals surface area contributed by atoms with Crippen LogP contribution in [-0.4, -0.2) is 37.0 Å². The van der Waals surface area contributed by atoms with Gasteiger partial charge in [-0.1, -0.05) is 24.3 Å². The fourth-order valence-corrected chi connectivity index (χ4v) is 3.04. The number of aliphatic hydroxyl groups excluding tert-OH is 1. The number of β-amino-alcohol motifs (C(OH)–C–C–N with tert-alkyl or cyclic N) is 1. The summed E-state index contributed by atoms with van der Waals surface area (Å²) in [7, 11) is 0. The van der Waals surface area contributed by atoms with Crippen LogP contribution in [0, 0.1) is 12.7 Å². The number of hydrogen-bond acceptors (Lipinski definition) is 4. The van der Waals surface area contributed by atoms with Gasteiger partial charge in [-0.25, -0.2) is 4.39 Å². The van der Waals surface area contributed by atoms with E-state index in [0.29, 0.717) is 18.7 Å². The first-order valence-corrected chi connectivity index (χ1v) is 8.54. The fraction of sp³-hybridized carbons (Fsp3) is 0.400. The predicted molar refractivity (Wildman–Crippen MR) is 95.5 cm³/mol. The third kappa shape index (κ3) is 4.50. The lowest BCUT2D eigenvalue weighted by Gasteiger charge is -2.36. The molecule has 2 aromatic rings. The van der Waals surface area contributed by atoms with Gasteiger partial charge in [0.05, 0.1) is 31.5 Å². The maximum absolute atomic E-state index is 13.6. The number of aliphatic hydroxyl groups is 1. The van der Waals surface area contributed by atoms with Gasteiger partial charge in [-0.05, 0) is 37.6 Å². The molecule has 0 spiro atoms. The largest absolute Gasteiger partial charge is 0.487 e. The minimum atomic E-state index is -0.661. The van der Waals surface area contributed by atoms with Crippen LogP contribution in [0.5, 0.6) is 5.75 Å². The highest BCUT2D eigenvalue weighted by Crippen LogP contribution is 2.34. The Hall–Kier alpha value is -2.11. The molecule has 134 valence electrons. The van der Waals surface area contributed by atoms with Gasteiger partial charge in [0, 0.05) is 12.1 Å². The first kappa shape index (κ1) is 17.7. The number of aryl methyl sites for hydroxylation is 1. The normalized spacial score (nSPS) is 17.8. The maximum atomic E-state index is 13.6. The Kier molecular flexibility index (Phi) is 5.56. The number of halogens is 1. The lowest BCUT2D eigenvalue weighted by atomic mass is 10.1. The smallest absolute Gasteiger partial charge is 0.143 e. The Morgan fingerprint density at radius 1 is 1.32 bits per heavy atom. The van der Waals surface area contributed by atoms with Gasteiger partial charge in [-0.3, -0.25) is 0 Å². The van der Waals surface area contributed by atoms with Gasteiger partial charge in [0.2, 0.25) is 0 Å². The van der Waals surface area contributed by atoms with Crippen molar-refractivity contribution in [1.82, 2.24) is 0 Å². The van der Waals surface area contributed by atoms with E-state index in [1.54, 1.807) is 18.2 Å². The second-order valence-electron chi connectivity index (χ2n) is 6.56. The molecule has 1 aliphatic rings. The van der Waals surface area contributed by atoms with E-state index in [1.807, 2.05) is 32.0 Å². The molecule has 4 nitrogen and oxygen atoms in total. The highest BCUT2D eigenvalue weighted by atomic mass is 19.1. The second-order valence-corrected chi connectivity index (χ2v) is 6.56. The summed E-state index contributed by atoms with van der Waals surface area (Å²) >= 11 is 0. The van der Waals surface area contributed by atoms with E-state index in [0.717, 1.165) is 17.0 Å². The fourth-order valence-electron chi connectivity index (χ4n) is 3.04. The van der Waals surface area contributed by atoms with Crippen LogP contribution in [0.1, 0.15) is 18.1 Å². The van der Waals surface area contributed by atoms with E-state index >= 15 is 0 Å². The molecule has 1 aliphatic heterocycles. The molecule has 0 aliphatic carbocycles. The monoisotopic (exact) mass is 345 g/mol. The number of hydrogen-bond donors (Lipinski definition) is 1. The number of fused-ring (bicyclic) bond motifs is 1. The topological polar surface area (TPSA) is 41.9 Å². The van der Waals surface area contributed by atoms with E-state index in [9.17, 15) is 9.50 Å². The van der Waals surface area contributed by atoms with Crippen molar-refractivity contribution in [3.8, 4) is 5.75 Å². The number of ether oxygens (including phenoxy) is 2. The molecule has 0 aromatic heterocycles. The average Bonchev–Trinajstić information content (AvgIpc) is 2.56. The van der Waals surface area contributed by atoms with E-state index in [-0.39, 0.29) is 25.1 Å². The summed E-state index contributed by atoms with van der Waals surface area (Å²) in [6.45, 7) is 5.50. The van der Waals surface area contributed by atoms with E-state index in [1.165, 1.54) is 6.07 Å². The van der Waals surface area contributed by atoms with Crippen molar-refractivity contribution in [3.63, 3.8) is 0 Å². The van der Waals surface area contributed by atoms with E-state index < -0.39 is 6.10 Å². The van der Waals surface area contributed by atoms with Gasteiger partial charge >= 0.3 is 0 Å². The van der Waals surface area contributed by atoms with Gasteiger partial charge < -0.3 is 19.5 Å². The van der Waals surface area contributed by atoms with Crippen LogP contribution in [0.3, 0.4) is 0 Å². The Balaban J connectivity index is 1.56. The second kappa shape index (κ2) is 7.85. The molecule has 0 saturated carbocycles. The average molecular weight is 345 g/mol. The van der Waals surface area contributed by atoms with Crippen molar-refractivity contribution in [1.29, 1.82) is 0 Å². The highest BCUT2D eigenvalue weighted by Gasteiger charge is 2.24. The van der Waals surface area contributed by atoms with Crippen LogP contribution < -0.4 is 9.64 Å². The summed E-state index contributed by atoms with van der Waals surface area (Å²) in [4.78, 5) is 2.11. The number of rotatable bonds is 6. The quantitative estimate of drug-likeness (QED) is 0.872. The van der Waals surface area contributed by atoms with Crippen molar-refractivity contribution in [2.45, 2.75) is 32.7 Å². The Morgan fingerprint density at radius 2 is 2.12 bits per heavy atom. The molecule has 0 saturated heterocycles. The molecule has 0 bridgehead atoms. The highest BCUT2D eigenvalue weighted by molar-refractivity contribution is 5.61. The van der Waals surface area contributed by atoms with Gasteiger partial charge in [-0.2, -0.15) is 0 Å². The van der Waals surface area contributed by atoms with Crippen molar-refractivity contribution in [2.75, 3.05) is 24.6 Å². The zero-order chi connectivity index (χ0) is 17.8. The van der Waals surface area contributed by atoms with Crippen LogP contribution in [0.15, 0.2) is 42.5 Å². The molecular weight excluding hydrogens is 321 g/mol. The number of benzene rings is 2. The number of anilines is 1. The summed E-state index contributed by atoms with van der Waals surface area (Å²) in [5, 5.41) is 10.3. The summed E-state index contributed by atoms with van der Waals surface area (Å²) in [5.41, 5.74) is 2.62. The van der Waals surface area contributed by atoms with Crippen molar-refractivity contribution in [3.05, 3.63) is 59.4 Å². The molecule has 1 heterocycles. The Labute approximate surface area is 147 Å². The molecule has 25 heavy (non-hydrogen) atoms. The molecule has 0 radical (unpaired) electrons. The zero-order valence-corrected chi connectivity index (χ0v) is 14.6. The first-order valence-electron chi connectivity index (χ1n) is 8.54. The maximum Gasteiger partial charge on any atom is 0.143 e. The molecule has 2 atom stereocenters. The third-order valence-corrected chi connectivity index (χ3v) is 4.22. The third-order valence-electron chi connectivity index (χ3n) is 4.22. The lowest BCUT2D eigenvalue weighted by molar-refractivity contribution is 0.0297. The van der Waals surface area contributed by atoms with Gasteiger partial charge in [0.25, 0.3) is 0 Å². The van der Waals surface area contributed by atoms with Crippen LogP contribution in [0.4, 0.5) is 10.1 Å². The minimum absolute atomic E-state index is 0.0563. The lowest BCUT2D eigenvalue weighted by Crippen LogP contribution is -2.43. The van der Waals surface area contributed by atoms with E-state index in [4.69, 9.17) is 9.47 Å². The SMILES string of the molecule is Cc1ccc2c(c1)O[C@H](C)CN2C[C@H](O)COCc1ccccc1F. The summed E-state index contributed by atoms with van der Waals surface area (Å²) in [6, 6.07) is 12.6. The molecule has 0 fully saturated rings. The van der Waals surface area contributed by atoms with Crippen LogP contribution in [0.25, 0.3) is 0 Å². The standard InChI is InChI=1S/C20H24FNO3/c1-14-7-8-19-20(9-14)25-15(2)10-22(19)11-17(23)13-24-12-16-5-3-4-6-18(16)21/h3-9,15,17,23H,10-13H2,1-2H3/t15-,17+/m1/s1. The first-order chi connectivity index (χ1) is 12.0. The molecule has 3 rings (SSSR count). The molecule has 2 aromatic carbocycles. The number of nitrogens with zero attached hydrogens (tertiary/aromatic N) is 1. The predicted octanol–water partition coefficient (Wildman–Crippen LogP) is 3.30. The van der Waals surface area contributed by atoms with Gasteiger partial charge in [0.1, 0.15) is 17.7 Å². The van der Waals surface area contributed by atoms with Crippen LogP contribution in [-0.2, 0) is 11.3 Å². The Bertz CT molecular complexity index is 722. The van der Waals surface area contributed by atoms with Crippen LogP contribution in [0.2, 0.25) is 0 Å². The van der Waals surface area contributed by atoms with Crippen molar-refractivity contribution >= 4 is 5.69 Å².